The highest BCUT2D eigenvalue weighted by atomic mass is 79.9. The summed E-state index contributed by atoms with van der Waals surface area (Å²) in [5, 5.41) is 0. The monoisotopic (exact) mass is 351 g/mol. The molecule has 0 amide bonds. The third kappa shape index (κ3) is 3.30. The molecule has 0 saturated carbocycles. The van der Waals surface area contributed by atoms with Crippen molar-refractivity contribution in [2.75, 3.05) is 0 Å². The van der Waals surface area contributed by atoms with Gasteiger partial charge in [-0.1, -0.05) is 0 Å². The first-order chi connectivity index (χ1) is 6.72. The molecular formula is C7H3Br2F4NO. The third-order valence-electron chi connectivity index (χ3n) is 1.28. The van der Waals surface area contributed by atoms with Gasteiger partial charge < -0.3 is 4.74 Å². The first-order valence-electron chi connectivity index (χ1n) is 3.47. The lowest BCUT2D eigenvalue weighted by molar-refractivity contribution is -0.266. The molecule has 0 unspecified atom stereocenters. The second kappa shape index (κ2) is 4.25. The molecule has 0 spiro atoms. The van der Waals surface area contributed by atoms with Crippen LogP contribution in [0.5, 0.6) is 5.75 Å². The van der Waals surface area contributed by atoms with Crippen LogP contribution in [0.25, 0.3) is 0 Å². The van der Waals surface area contributed by atoms with E-state index in [1.54, 1.807) is 0 Å². The summed E-state index contributed by atoms with van der Waals surface area (Å²) in [4.78, 5) is -0.894. The minimum Gasteiger partial charge on any atom is -0.426 e. The number of hydrogen-bond acceptors (Lipinski definition) is 2. The van der Waals surface area contributed by atoms with E-state index in [1.165, 1.54) is 22.0 Å². The number of alkyl halides is 5. The van der Waals surface area contributed by atoms with Crippen molar-refractivity contribution in [3.8, 4) is 5.75 Å². The van der Waals surface area contributed by atoms with Crippen molar-refractivity contribution >= 4 is 31.9 Å². The molecule has 8 heteroatoms. The van der Waals surface area contributed by atoms with Crippen molar-refractivity contribution in [3.05, 3.63) is 22.9 Å². The Kier molecular flexibility index (Phi) is 3.59. The van der Waals surface area contributed by atoms with Crippen LogP contribution in [-0.2, 0) is 0 Å². The van der Waals surface area contributed by atoms with Crippen LogP contribution in [0.2, 0.25) is 0 Å². The maximum absolute atomic E-state index is 12.7. The fraction of sp³-hybridized carbons (Fsp3) is 0.286. The van der Waals surface area contributed by atoms with Gasteiger partial charge >= 0.3 is 10.9 Å². The SMILES string of the molecule is FC(F)(Br)C(F)(F)Oc1ccc(Br)nc1. The van der Waals surface area contributed by atoms with E-state index in [0.29, 0.717) is 4.60 Å². The van der Waals surface area contributed by atoms with Crippen molar-refractivity contribution < 1.29 is 22.3 Å². The zero-order chi connectivity index (χ0) is 11.7. The van der Waals surface area contributed by atoms with Gasteiger partial charge in [-0.25, -0.2) is 4.98 Å². The predicted molar refractivity (Wildman–Crippen MR) is 51.4 cm³/mol. The molecule has 1 aromatic rings. The predicted octanol–water partition coefficient (Wildman–Crippen LogP) is 3.80. The van der Waals surface area contributed by atoms with E-state index < -0.39 is 16.7 Å². The number of pyridine rings is 1. The lowest BCUT2D eigenvalue weighted by Gasteiger charge is -2.21. The van der Waals surface area contributed by atoms with Crippen LogP contribution in [-0.4, -0.2) is 15.9 Å². The Hall–Kier alpha value is -0.370. The number of hydrogen-bond donors (Lipinski definition) is 0. The maximum atomic E-state index is 12.7. The van der Waals surface area contributed by atoms with Crippen LogP contribution in [0.15, 0.2) is 22.9 Å². The number of nitrogens with zero attached hydrogens (tertiary/aromatic N) is 1. The van der Waals surface area contributed by atoms with E-state index >= 15 is 0 Å². The molecule has 0 aliphatic carbocycles. The Bertz CT molecular complexity index is 338. The second-order valence-corrected chi connectivity index (χ2v) is 4.24. The topological polar surface area (TPSA) is 22.1 Å². The summed E-state index contributed by atoms with van der Waals surface area (Å²) in [6.45, 7) is 0. The van der Waals surface area contributed by atoms with E-state index in [2.05, 4.69) is 25.7 Å². The van der Waals surface area contributed by atoms with Crippen LogP contribution >= 0.6 is 31.9 Å². The van der Waals surface area contributed by atoms with Gasteiger partial charge in [0.15, 0.2) is 0 Å². The second-order valence-electron chi connectivity index (χ2n) is 2.43. The third-order valence-corrected chi connectivity index (χ3v) is 2.21. The smallest absolute Gasteiger partial charge is 0.426 e. The van der Waals surface area contributed by atoms with Gasteiger partial charge in [0, 0.05) is 15.9 Å². The first kappa shape index (κ1) is 12.7. The number of halogens is 6. The molecule has 0 aliphatic heterocycles. The molecule has 0 radical (unpaired) electrons. The minimum atomic E-state index is -4.64. The van der Waals surface area contributed by atoms with Gasteiger partial charge in [0.1, 0.15) is 10.4 Å². The van der Waals surface area contributed by atoms with E-state index in [4.69, 9.17) is 0 Å². The summed E-state index contributed by atoms with van der Waals surface area (Å²) in [6.07, 6.45) is -3.74. The summed E-state index contributed by atoms with van der Waals surface area (Å²) in [5.41, 5.74) is 0. The normalized spacial score (nSPS) is 12.7. The highest BCUT2D eigenvalue weighted by Gasteiger charge is 2.57. The fourth-order valence-corrected chi connectivity index (χ4v) is 0.944. The van der Waals surface area contributed by atoms with Crippen LogP contribution < -0.4 is 4.74 Å². The first-order valence-corrected chi connectivity index (χ1v) is 5.06. The summed E-state index contributed by atoms with van der Waals surface area (Å²) >= 11 is 4.49. The Morgan fingerprint density at radius 2 is 1.80 bits per heavy atom. The summed E-state index contributed by atoms with van der Waals surface area (Å²) in [5.74, 6) is -0.456. The molecule has 1 heterocycles. The molecule has 0 N–H and O–H groups in total. The van der Waals surface area contributed by atoms with E-state index in [1.807, 2.05) is 0 Å². The van der Waals surface area contributed by atoms with Crippen molar-refractivity contribution in [1.29, 1.82) is 0 Å². The minimum absolute atomic E-state index is 0.378. The molecule has 15 heavy (non-hydrogen) atoms. The average molecular weight is 353 g/mol. The molecule has 0 atom stereocenters. The van der Waals surface area contributed by atoms with Crippen LogP contribution in [0.3, 0.4) is 0 Å². The molecule has 0 fully saturated rings. The highest BCUT2D eigenvalue weighted by Crippen LogP contribution is 2.40. The van der Waals surface area contributed by atoms with Crippen molar-refractivity contribution in [2.45, 2.75) is 10.9 Å². The van der Waals surface area contributed by atoms with Crippen molar-refractivity contribution in [2.24, 2.45) is 0 Å². The fourth-order valence-electron chi connectivity index (χ4n) is 0.628. The molecule has 0 aromatic carbocycles. The summed E-state index contributed by atoms with van der Waals surface area (Å²) in [7, 11) is 0. The Morgan fingerprint density at radius 3 is 2.20 bits per heavy atom. The highest BCUT2D eigenvalue weighted by molar-refractivity contribution is 9.10. The summed E-state index contributed by atoms with van der Waals surface area (Å²) < 4.78 is 54.1. The van der Waals surface area contributed by atoms with Crippen molar-refractivity contribution in [1.82, 2.24) is 4.98 Å². The molecule has 84 valence electrons. The maximum Gasteiger partial charge on any atom is 0.475 e. The molecular weight excluding hydrogens is 350 g/mol. The van der Waals surface area contributed by atoms with Crippen LogP contribution in [0.4, 0.5) is 17.6 Å². The van der Waals surface area contributed by atoms with Crippen LogP contribution in [0, 0.1) is 0 Å². The number of aromatic nitrogens is 1. The zero-order valence-electron chi connectivity index (χ0n) is 6.86. The molecule has 0 saturated heterocycles. The number of rotatable bonds is 3. The largest absolute Gasteiger partial charge is 0.475 e. The standard InChI is InChI=1S/C7H3Br2F4NO/c8-5-2-1-4(3-14-5)15-7(12,13)6(9,10)11/h1-3H. The number of ether oxygens (including phenoxy) is 1. The molecule has 2 nitrogen and oxygen atoms in total. The lowest BCUT2D eigenvalue weighted by atomic mass is 10.4. The van der Waals surface area contributed by atoms with Gasteiger partial charge in [0.2, 0.25) is 0 Å². The quantitative estimate of drug-likeness (QED) is 0.469. The van der Waals surface area contributed by atoms with Crippen molar-refractivity contribution in [3.63, 3.8) is 0 Å². The molecule has 0 bridgehead atoms. The Morgan fingerprint density at radius 1 is 1.20 bits per heavy atom. The van der Waals surface area contributed by atoms with E-state index in [0.717, 1.165) is 12.3 Å². The summed E-state index contributed by atoms with van der Waals surface area (Å²) in [6, 6.07) is 2.38. The Labute approximate surface area is 98.9 Å². The lowest BCUT2D eigenvalue weighted by Crippen LogP contribution is -2.40. The molecule has 1 rings (SSSR count). The van der Waals surface area contributed by atoms with Gasteiger partial charge in [0.25, 0.3) is 0 Å². The van der Waals surface area contributed by atoms with Gasteiger partial charge in [-0.15, -0.1) is 0 Å². The van der Waals surface area contributed by atoms with E-state index in [-0.39, 0.29) is 0 Å². The molecule has 1 aromatic heterocycles. The Balaban J connectivity index is 2.82. The van der Waals surface area contributed by atoms with Gasteiger partial charge in [-0.3, -0.25) is 0 Å². The van der Waals surface area contributed by atoms with Gasteiger partial charge in [-0.05, 0) is 28.1 Å². The molecule has 0 aliphatic rings. The van der Waals surface area contributed by atoms with Crippen LogP contribution in [0.1, 0.15) is 0 Å². The van der Waals surface area contributed by atoms with Gasteiger partial charge in [-0.2, -0.15) is 17.6 Å². The zero-order valence-corrected chi connectivity index (χ0v) is 10.0. The average Bonchev–Trinajstić information content (AvgIpc) is 2.06. The van der Waals surface area contributed by atoms with E-state index in [9.17, 15) is 17.6 Å². The van der Waals surface area contributed by atoms with Gasteiger partial charge in [0.05, 0.1) is 6.20 Å².